The summed E-state index contributed by atoms with van der Waals surface area (Å²) < 4.78 is 0. The van der Waals surface area contributed by atoms with E-state index in [2.05, 4.69) is 0 Å². The van der Waals surface area contributed by atoms with Crippen LogP contribution in [-0.2, 0) is 9.59 Å². The molecule has 4 nitrogen and oxygen atoms in total. The van der Waals surface area contributed by atoms with Crippen LogP contribution < -0.4 is 0 Å². The molecule has 0 amide bonds. The van der Waals surface area contributed by atoms with Crippen LogP contribution in [0, 0.1) is 0 Å². The summed E-state index contributed by atoms with van der Waals surface area (Å²) in [4.78, 5) is 19.1. The van der Waals surface area contributed by atoms with E-state index >= 15 is 0 Å². The molecule has 0 aliphatic heterocycles. The van der Waals surface area contributed by atoms with E-state index in [1.54, 1.807) is 0 Å². The fourth-order valence-electron chi connectivity index (χ4n) is 0.143. The number of hydrogen-bond acceptors (Lipinski definition) is 2. The molecule has 0 aromatic heterocycles. The number of carbonyl (C=O) groups is 2. The van der Waals surface area contributed by atoms with Gasteiger partial charge in [0, 0.05) is 12.2 Å². The van der Waals surface area contributed by atoms with Crippen molar-refractivity contribution in [3.05, 3.63) is 12.2 Å². The van der Waals surface area contributed by atoms with Gasteiger partial charge in [-0.15, -0.1) is 0 Å². The van der Waals surface area contributed by atoms with Crippen molar-refractivity contribution >= 4 is 115 Å². The van der Waals surface area contributed by atoms with Gasteiger partial charge in [0.1, 0.15) is 0 Å². The quantitative estimate of drug-likeness (QED) is 0.413. The molecular weight excluding hydrogens is 190 g/mol. The molecule has 0 radical (unpaired) electrons. The van der Waals surface area contributed by atoms with E-state index in [0.29, 0.717) is 12.2 Å². The Morgan fingerprint density at radius 1 is 0.900 bits per heavy atom. The predicted molar refractivity (Wildman–Crippen MR) is 38.7 cm³/mol. The van der Waals surface area contributed by atoms with Crippen molar-refractivity contribution in [3.63, 3.8) is 0 Å². The first kappa shape index (κ1) is 17.9. The second-order valence-corrected chi connectivity index (χ2v) is 1.01. The summed E-state index contributed by atoms with van der Waals surface area (Å²) in [5.74, 6) is -2.51. The molecule has 0 aliphatic rings. The van der Waals surface area contributed by atoms with Gasteiger partial charge in [0.25, 0.3) is 0 Å². The number of rotatable bonds is 2. The molecule has 0 bridgehead atoms. The van der Waals surface area contributed by atoms with Crippen LogP contribution in [0.25, 0.3) is 0 Å². The van der Waals surface area contributed by atoms with E-state index in [-0.39, 0.29) is 103 Å². The van der Waals surface area contributed by atoms with E-state index in [1.807, 2.05) is 0 Å². The van der Waals surface area contributed by atoms with Crippen LogP contribution in [0.15, 0.2) is 12.2 Å². The molecule has 0 atom stereocenters. The molecule has 6 heteroatoms. The fraction of sp³-hybridized carbons (Fsp3) is 0. The van der Waals surface area contributed by atoms with Crippen molar-refractivity contribution < 1.29 is 19.8 Å². The van der Waals surface area contributed by atoms with Gasteiger partial charge < -0.3 is 10.2 Å². The van der Waals surface area contributed by atoms with E-state index in [0.717, 1.165) is 0 Å². The SMILES string of the molecule is O=C(O)/C=C/C(=O)O.[KH].[KH]. The van der Waals surface area contributed by atoms with Crippen molar-refractivity contribution in [1.82, 2.24) is 0 Å². The average molecular weight is 196 g/mol. The Balaban J connectivity index is -0.000000245. The third kappa shape index (κ3) is 16.5. The van der Waals surface area contributed by atoms with Gasteiger partial charge in [-0.3, -0.25) is 0 Å². The molecule has 0 aromatic carbocycles. The molecule has 0 saturated carbocycles. The minimum absolute atomic E-state index is 0. The molecule has 0 fully saturated rings. The molecule has 0 rings (SSSR count). The zero-order valence-electron chi connectivity index (χ0n) is 3.87. The first-order chi connectivity index (χ1) is 3.63. The maximum absolute atomic E-state index is 9.55. The molecule has 2 N–H and O–H groups in total. The Labute approximate surface area is 143 Å². The Morgan fingerprint density at radius 3 is 1.20 bits per heavy atom. The minimum atomic E-state index is -1.26. The third-order valence-corrected chi connectivity index (χ3v) is 0.368. The topological polar surface area (TPSA) is 74.6 Å². The second-order valence-electron chi connectivity index (χ2n) is 1.01. The van der Waals surface area contributed by atoms with Gasteiger partial charge >= 0.3 is 115 Å². The Hall–Kier alpha value is 1.95. The van der Waals surface area contributed by atoms with Gasteiger partial charge in [-0.25, -0.2) is 9.59 Å². The first-order valence-electron chi connectivity index (χ1n) is 1.77. The fourth-order valence-corrected chi connectivity index (χ4v) is 0.143. The zero-order chi connectivity index (χ0) is 6.57. The zero-order valence-corrected chi connectivity index (χ0v) is 3.87. The molecule has 0 heterocycles. The number of hydrogen-bond donors (Lipinski definition) is 2. The van der Waals surface area contributed by atoms with Gasteiger partial charge in [-0.05, 0) is 0 Å². The normalized spacial score (nSPS) is 7.60. The summed E-state index contributed by atoms with van der Waals surface area (Å²) in [6.07, 6.45) is 1.12. The molecule has 0 unspecified atom stereocenters. The van der Waals surface area contributed by atoms with E-state index in [1.165, 1.54) is 0 Å². The Bertz CT molecular complexity index is 126. The van der Waals surface area contributed by atoms with Crippen LogP contribution in [0.1, 0.15) is 0 Å². The maximum atomic E-state index is 9.55. The third-order valence-electron chi connectivity index (χ3n) is 0.368. The molecule has 0 aliphatic carbocycles. The van der Waals surface area contributed by atoms with Gasteiger partial charge in [0.05, 0.1) is 0 Å². The summed E-state index contributed by atoms with van der Waals surface area (Å²) >= 11 is 0. The van der Waals surface area contributed by atoms with Crippen LogP contribution >= 0.6 is 0 Å². The van der Waals surface area contributed by atoms with Crippen molar-refractivity contribution in [2.24, 2.45) is 0 Å². The number of aliphatic carboxylic acids is 2. The van der Waals surface area contributed by atoms with E-state index < -0.39 is 11.9 Å². The predicted octanol–water partition coefficient (Wildman–Crippen LogP) is -1.59. The number of carboxylic acids is 2. The first-order valence-corrected chi connectivity index (χ1v) is 1.77. The molecule has 10 heavy (non-hydrogen) atoms. The van der Waals surface area contributed by atoms with E-state index in [4.69, 9.17) is 10.2 Å². The van der Waals surface area contributed by atoms with Crippen molar-refractivity contribution in [3.8, 4) is 0 Å². The van der Waals surface area contributed by atoms with Crippen molar-refractivity contribution in [2.75, 3.05) is 0 Å². The monoisotopic (exact) mass is 196 g/mol. The van der Waals surface area contributed by atoms with Gasteiger partial charge in [0.2, 0.25) is 0 Å². The molecule has 0 saturated heterocycles. The molecular formula is C4H6K2O4. The molecule has 0 spiro atoms. The van der Waals surface area contributed by atoms with Crippen LogP contribution in [0.2, 0.25) is 0 Å². The second kappa shape index (κ2) is 11.0. The average Bonchev–Trinajstić information content (AvgIpc) is 1.61. The summed E-state index contributed by atoms with van der Waals surface area (Å²) in [6, 6.07) is 0. The molecule has 0 aromatic rings. The van der Waals surface area contributed by atoms with Crippen LogP contribution in [0.4, 0.5) is 0 Å². The van der Waals surface area contributed by atoms with Gasteiger partial charge in [-0.2, -0.15) is 0 Å². The van der Waals surface area contributed by atoms with Crippen LogP contribution in [0.3, 0.4) is 0 Å². The van der Waals surface area contributed by atoms with Gasteiger partial charge in [0.15, 0.2) is 0 Å². The summed E-state index contributed by atoms with van der Waals surface area (Å²) in [5, 5.41) is 15.6. The van der Waals surface area contributed by atoms with Crippen molar-refractivity contribution in [2.45, 2.75) is 0 Å². The number of carboxylic acid groups (broad SMARTS) is 2. The Morgan fingerprint density at radius 2 is 1.10 bits per heavy atom. The summed E-state index contributed by atoms with van der Waals surface area (Å²) in [5.41, 5.74) is 0. The van der Waals surface area contributed by atoms with Gasteiger partial charge in [-0.1, -0.05) is 0 Å². The van der Waals surface area contributed by atoms with Crippen LogP contribution in [-0.4, -0.2) is 125 Å². The van der Waals surface area contributed by atoms with Crippen molar-refractivity contribution in [1.29, 1.82) is 0 Å². The molecule has 48 valence electrons. The van der Waals surface area contributed by atoms with E-state index in [9.17, 15) is 9.59 Å². The Kier molecular flexibility index (Phi) is 19.6. The summed E-state index contributed by atoms with van der Waals surface area (Å²) in [6.45, 7) is 0. The standard InChI is InChI=1S/C4H4O4.2K.2H/c5-3(6)1-2-4(7)8;;;;/h1-2H,(H,5,6)(H,7,8);;;;/b2-1+;;;;. The summed E-state index contributed by atoms with van der Waals surface area (Å²) in [7, 11) is 0. The van der Waals surface area contributed by atoms with Crippen LogP contribution in [0.5, 0.6) is 0 Å².